The van der Waals surface area contributed by atoms with Crippen LogP contribution in [0.5, 0.6) is 0 Å². The number of alkyl halides is 6. The molecule has 0 saturated carbocycles. The van der Waals surface area contributed by atoms with Crippen LogP contribution in [-0.2, 0) is 17.3 Å². The lowest BCUT2D eigenvalue weighted by Gasteiger charge is -2.26. The molecule has 0 saturated heterocycles. The third-order valence-electron chi connectivity index (χ3n) is 6.32. The Bertz CT molecular complexity index is 1590. The molecule has 3 aromatic carbocycles. The van der Waals surface area contributed by atoms with Gasteiger partial charge in [-0.05, 0) is 66.4 Å². The van der Waals surface area contributed by atoms with E-state index in [0.29, 0.717) is 23.3 Å². The summed E-state index contributed by atoms with van der Waals surface area (Å²) in [5, 5.41) is 0. The fourth-order valence-corrected chi connectivity index (χ4v) is 4.20. The highest BCUT2D eigenvalue weighted by Crippen LogP contribution is 2.43. The Labute approximate surface area is 235 Å². The SMILES string of the molecule is C=CCCc1ccc(C#Cc2ccc(-c3ccc(C(F)(F)OC4=CC(F)C(C(F)(F)F)C(F)=C4)c(F)c3)c(F)c2)cc1. The highest BCUT2D eigenvalue weighted by molar-refractivity contribution is 5.66. The molecule has 3 aromatic rings. The molecule has 0 bridgehead atoms. The summed E-state index contributed by atoms with van der Waals surface area (Å²) in [5.74, 6) is -3.12. The monoisotopic (exact) mass is 592 g/mol. The van der Waals surface area contributed by atoms with Crippen LogP contribution < -0.4 is 0 Å². The molecule has 0 aromatic heterocycles. The van der Waals surface area contributed by atoms with Crippen LogP contribution in [0.3, 0.4) is 0 Å². The predicted molar refractivity (Wildman–Crippen MR) is 139 cm³/mol. The van der Waals surface area contributed by atoms with Gasteiger partial charge in [0.15, 0.2) is 0 Å². The zero-order chi connectivity index (χ0) is 30.7. The highest BCUT2D eigenvalue weighted by atomic mass is 19.4. The van der Waals surface area contributed by atoms with E-state index in [9.17, 15) is 39.5 Å². The number of benzene rings is 3. The molecule has 1 aliphatic rings. The second-order valence-electron chi connectivity index (χ2n) is 9.34. The quantitative estimate of drug-likeness (QED) is 0.151. The van der Waals surface area contributed by atoms with E-state index in [2.05, 4.69) is 23.2 Å². The van der Waals surface area contributed by atoms with E-state index < -0.39 is 53.2 Å². The van der Waals surface area contributed by atoms with Crippen molar-refractivity contribution >= 4 is 0 Å². The van der Waals surface area contributed by atoms with Crippen molar-refractivity contribution in [2.75, 3.05) is 0 Å². The van der Waals surface area contributed by atoms with Crippen molar-refractivity contribution in [1.82, 2.24) is 0 Å². The first-order valence-electron chi connectivity index (χ1n) is 12.5. The van der Waals surface area contributed by atoms with Crippen LogP contribution in [0.15, 0.2) is 97.1 Å². The molecule has 1 nitrogen and oxygen atoms in total. The van der Waals surface area contributed by atoms with Gasteiger partial charge in [0.1, 0.15) is 35.3 Å². The Hall–Kier alpha value is -4.39. The smallest absolute Gasteiger partial charge is 0.429 e. The van der Waals surface area contributed by atoms with E-state index in [-0.39, 0.29) is 23.3 Å². The largest absolute Gasteiger partial charge is 0.429 e. The summed E-state index contributed by atoms with van der Waals surface area (Å²) in [7, 11) is 0. The van der Waals surface area contributed by atoms with Gasteiger partial charge in [-0.2, -0.15) is 22.0 Å². The van der Waals surface area contributed by atoms with Crippen molar-refractivity contribution in [3.05, 3.63) is 131 Å². The summed E-state index contributed by atoms with van der Waals surface area (Å²) in [6.07, 6.45) is -9.37. The maximum Gasteiger partial charge on any atom is 0.429 e. The van der Waals surface area contributed by atoms with Crippen molar-refractivity contribution in [2.45, 2.75) is 31.3 Å². The number of hydrogen-bond acceptors (Lipinski definition) is 1. The van der Waals surface area contributed by atoms with Crippen LogP contribution in [0.4, 0.5) is 39.5 Å². The third kappa shape index (κ3) is 7.08. The molecule has 0 amide bonds. The molecule has 10 heteroatoms. The maximum atomic E-state index is 14.9. The molecule has 2 unspecified atom stereocenters. The molecule has 0 heterocycles. The lowest BCUT2D eigenvalue weighted by molar-refractivity contribution is -0.224. The third-order valence-corrected chi connectivity index (χ3v) is 6.32. The normalized spacial score (nSPS) is 17.1. The molecular formula is C32H21F9O. The van der Waals surface area contributed by atoms with Gasteiger partial charge in [0.2, 0.25) is 0 Å². The minimum Gasteiger partial charge on any atom is -0.429 e. The van der Waals surface area contributed by atoms with Gasteiger partial charge in [-0.15, -0.1) is 6.58 Å². The average molecular weight is 593 g/mol. The van der Waals surface area contributed by atoms with Crippen LogP contribution in [-0.4, -0.2) is 12.3 Å². The molecule has 0 aliphatic heterocycles. The first kappa shape index (κ1) is 30.6. The lowest BCUT2D eigenvalue weighted by Crippen LogP contribution is -2.34. The zero-order valence-electron chi connectivity index (χ0n) is 21.6. The maximum absolute atomic E-state index is 14.9. The highest BCUT2D eigenvalue weighted by Gasteiger charge is 2.50. The van der Waals surface area contributed by atoms with E-state index in [1.807, 2.05) is 30.3 Å². The summed E-state index contributed by atoms with van der Waals surface area (Å²) in [5.41, 5.74) is 0.505. The van der Waals surface area contributed by atoms with Crippen LogP contribution in [0.2, 0.25) is 0 Å². The fourth-order valence-electron chi connectivity index (χ4n) is 4.20. The minimum absolute atomic E-state index is 0.0284. The van der Waals surface area contributed by atoms with Gasteiger partial charge in [0, 0.05) is 22.8 Å². The van der Waals surface area contributed by atoms with Crippen molar-refractivity contribution in [1.29, 1.82) is 0 Å². The number of rotatable bonds is 7. The number of allylic oxidation sites excluding steroid dienone is 4. The molecule has 0 N–H and O–H groups in total. The van der Waals surface area contributed by atoms with Crippen molar-refractivity contribution in [3.8, 4) is 23.0 Å². The average Bonchev–Trinajstić information content (AvgIpc) is 2.89. The van der Waals surface area contributed by atoms with Crippen LogP contribution in [0.1, 0.15) is 28.7 Å². The van der Waals surface area contributed by atoms with Gasteiger partial charge in [-0.25, -0.2) is 17.6 Å². The first-order chi connectivity index (χ1) is 19.8. The van der Waals surface area contributed by atoms with E-state index in [0.717, 1.165) is 30.5 Å². The topological polar surface area (TPSA) is 9.23 Å². The summed E-state index contributed by atoms with van der Waals surface area (Å²) in [6.45, 7) is 3.68. The molecule has 218 valence electrons. The van der Waals surface area contributed by atoms with Crippen LogP contribution in [0, 0.1) is 29.4 Å². The van der Waals surface area contributed by atoms with Crippen molar-refractivity contribution < 1.29 is 44.3 Å². The van der Waals surface area contributed by atoms with E-state index in [1.54, 1.807) is 0 Å². The molecule has 4 rings (SSSR count). The summed E-state index contributed by atoms with van der Waals surface area (Å²) in [6, 6.07) is 13.5. The van der Waals surface area contributed by atoms with Gasteiger partial charge in [0.25, 0.3) is 0 Å². The van der Waals surface area contributed by atoms with E-state index in [4.69, 9.17) is 0 Å². The Morgan fingerprint density at radius 1 is 0.833 bits per heavy atom. The summed E-state index contributed by atoms with van der Waals surface area (Å²) >= 11 is 0. The van der Waals surface area contributed by atoms with Crippen LogP contribution >= 0.6 is 0 Å². The molecular weight excluding hydrogens is 571 g/mol. The Balaban J connectivity index is 1.50. The summed E-state index contributed by atoms with van der Waals surface area (Å²) < 4.78 is 129. The van der Waals surface area contributed by atoms with Gasteiger partial charge in [-0.3, -0.25) is 0 Å². The molecule has 1 aliphatic carbocycles. The molecule has 42 heavy (non-hydrogen) atoms. The second kappa shape index (κ2) is 12.2. The first-order valence-corrected chi connectivity index (χ1v) is 12.5. The van der Waals surface area contributed by atoms with Crippen molar-refractivity contribution in [3.63, 3.8) is 0 Å². The number of halogens is 9. The Morgan fingerprint density at radius 3 is 2.10 bits per heavy atom. The lowest BCUT2D eigenvalue weighted by atomic mass is 9.96. The number of ether oxygens (including phenoxy) is 1. The van der Waals surface area contributed by atoms with Gasteiger partial charge < -0.3 is 4.74 Å². The Morgan fingerprint density at radius 2 is 1.50 bits per heavy atom. The van der Waals surface area contributed by atoms with E-state index in [1.165, 1.54) is 12.1 Å². The van der Waals surface area contributed by atoms with Gasteiger partial charge in [0.05, 0.1) is 5.56 Å². The molecule has 2 atom stereocenters. The molecule has 0 spiro atoms. The fraction of sp³-hybridized carbons (Fsp3) is 0.188. The van der Waals surface area contributed by atoms with E-state index >= 15 is 0 Å². The van der Waals surface area contributed by atoms with Crippen molar-refractivity contribution in [2.24, 2.45) is 5.92 Å². The predicted octanol–water partition coefficient (Wildman–Crippen LogP) is 9.48. The number of aryl methyl sites for hydroxylation is 1. The zero-order valence-corrected chi connectivity index (χ0v) is 21.6. The Kier molecular flexibility index (Phi) is 8.90. The van der Waals surface area contributed by atoms with Gasteiger partial charge in [-0.1, -0.05) is 42.2 Å². The van der Waals surface area contributed by atoms with Crippen LogP contribution in [0.25, 0.3) is 11.1 Å². The summed E-state index contributed by atoms with van der Waals surface area (Å²) in [4.78, 5) is 0. The molecule has 0 radical (unpaired) electrons. The van der Waals surface area contributed by atoms with Gasteiger partial charge >= 0.3 is 12.3 Å². The minimum atomic E-state index is -5.30. The second-order valence-corrected chi connectivity index (χ2v) is 9.34. The number of hydrogen-bond donors (Lipinski definition) is 0. The standard InChI is InChI=1S/C32H21F9O/c1-2-3-4-19-5-7-20(8-6-19)9-10-21-11-13-24(26(33)15-21)22-12-14-25(27(34)16-22)32(40,41)42-23-17-28(35)30(29(36)18-23)31(37,38)39/h2,5-8,11-18,28,30H,1,3-4H2. The molecule has 0 fully saturated rings.